The third-order valence-corrected chi connectivity index (χ3v) is 1.55. The Morgan fingerprint density at radius 2 is 2.20 bits per heavy atom. The lowest BCUT2D eigenvalue weighted by Crippen LogP contribution is -1.95. The van der Waals surface area contributed by atoms with E-state index >= 15 is 0 Å². The fraction of sp³-hybridized carbons (Fsp3) is 0.429. The van der Waals surface area contributed by atoms with Crippen LogP contribution in [0, 0.1) is 13.8 Å². The monoisotopic (exact) mass is 156 g/mol. The molecule has 0 saturated heterocycles. The Bertz CT molecular complexity index is 235. The third kappa shape index (κ3) is 1.45. The zero-order valence-corrected chi connectivity index (χ0v) is 6.81. The van der Waals surface area contributed by atoms with E-state index in [9.17, 15) is 0 Å². The van der Waals surface area contributed by atoms with Crippen molar-refractivity contribution in [2.75, 3.05) is 0 Å². The van der Waals surface area contributed by atoms with E-state index in [1.54, 1.807) is 6.20 Å². The third-order valence-electron chi connectivity index (χ3n) is 1.30. The average Bonchev–Trinajstić information content (AvgIpc) is 1.94. The molecule has 3 heteroatoms. The maximum absolute atomic E-state index is 5.60. The molecule has 0 amide bonds. The molecule has 1 aromatic heterocycles. The summed E-state index contributed by atoms with van der Waals surface area (Å²) in [5, 5.41) is 0. The second kappa shape index (κ2) is 2.97. The number of halogens is 1. The molecule has 1 rings (SSSR count). The number of hydrogen-bond donors (Lipinski definition) is 0. The van der Waals surface area contributed by atoms with Gasteiger partial charge < -0.3 is 0 Å². The molecule has 2 nitrogen and oxygen atoms in total. The highest BCUT2D eigenvalue weighted by atomic mass is 35.5. The van der Waals surface area contributed by atoms with E-state index in [4.69, 9.17) is 11.6 Å². The number of aromatic nitrogens is 2. The molecule has 0 radical (unpaired) electrons. The van der Waals surface area contributed by atoms with Crippen LogP contribution in [-0.4, -0.2) is 9.97 Å². The van der Waals surface area contributed by atoms with E-state index in [0.717, 1.165) is 17.1 Å². The summed E-state index contributed by atoms with van der Waals surface area (Å²) in [6.45, 7) is 3.81. The maximum atomic E-state index is 5.60. The van der Waals surface area contributed by atoms with Crippen LogP contribution >= 0.6 is 11.6 Å². The fourth-order valence-corrected chi connectivity index (χ4v) is 0.967. The molecule has 0 N–H and O–H groups in total. The van der Waals surface area contributed by atoms with Gasteiger partial charge in [0.25, 0.3) is 0 Å². The molecule has 1 heterocycles. The minimum atomic E-state index is 0.445. The van der Waals surface area contributed by atoms with Gasteiger partial charge in [0.1, 0.15) is 0 Å². The summed E-state index contributed by atoms with van der Waals surface area (Å²) >= 11 is 5.60. The first-order valence-electron chi connectivity index (χ1n) is 3.09. The lowest BCUT2D eigenvalue weighted by atomic mass is 10.3. The highest BCUT2D eigenvalue weighted by molar-refractivity contribution is 6.16. The van der Waals surface area contributed by atoms with Crippen LogP contribution in [0.4, 0.5) is 0 Å². The standard InChI is InChI=1S/C7H9ClN2/c1-5-4-9-6(2)7(3-8)10-5/h4H,3H2,1-2H3. The maximum Gasteiger partial charge on any atom is 0.0766 e. The van der Waals surface area contributed by atoms with Crippen LogP contribution in [0.25, 0.3) is 0 Å². The number of rotatable bonds is 1. The van der Waals surface area contributed by atoms with E-state index in [-0.39, 0.29) is 0 Å². The minimum Gasteiger partial charge on any atom is -0.258 e. The van der Waals surface area contributed by atoms with E-state index < -0.39 is 0 Å². The Kier molecular flexibility index (Phi) is 2.22. The van der Waals surface area contributed by atoms with Crippen LogP contribution < -0.4 is 0 Å². The molecular weight excluding hydrogens is 148 g/mol. The van der Waals surface area contributed by atoms with E-state index in [2.05, 4.69) is 9.97 Å². The van der Waals surface area contributed by atoms with Gasteiger partial charge in [-0.05, 0) is 13.8 Å². The Labute approximate surface area is 65.3 Å². The van der Waals surface area contributed by atoms with Crippen LogP contribution in [0.1, 0.15) is 17.1 Å². The molecule has 0 unspecified atom stereocenters. The van der Waals surface area contributed by atoms with Gasteiger partial charge in [-0.15, -0.1) is 11.6 Å². The summed E-state index contributed by atoms with van der Waals surface area (Å²) in [5.41, 5.74) is 2.71. The SMILES string of the molecule is Cc1cnc(C)c(CCl)n1. The van der Waals surface area contributed by atoms with E-state index in [0.29, 0.717) is 5.88 Å². The zero-order chi connectivity index (χ0) is 7.56. The summed E-state index contributed by atoms with van der Waals surface area (Å²) in [4.78, 5) is 8.30. The molecule has 0 bridgehead atoms. The van der Waals surface area contributed by atoms with Crippen molar-refractivity contribution in [3.05, 3.63) is 23.3 Å². The zero-order valence-electron chi connectivity index (χ0n) is 6.06. The number of hydrogen-bond acceptors (Lipinski definition) is 2. The Morgan fingerprint density at radius 1 is 1.50 bits per heavy atom. The molecule has 0 spiro atoms. The molecule has 1 aromatic rings. The molecule has 10 heavy (non-hydrogen) atoms. The van der Waals surface area contributed by atoms with Crippen molar-refractivity contribution in [3.63, 3.8) is 0 Å². The molecule has 0 aromatic carbocycles. The molecule has 0 aliphatic rings. The lowest BCUT2D eigenvalue weighted by molar-refractivity contribution is 0.989. The first kappa shape index (κ1) is 7.48. The quantitative estimate of drug-likeness (QED) is 0.580. The van der Waals surface area contributed by atoms with Gasteiger partial charge >= 0.3 is 0 Å². The highest BCUT2D eigenvalue weighted by Gasteiger charge is 1.97. The van der Waals surface area contributed by atoms with Crippen molar-refractivity contribution < 1.29 is 0 Å². The second-order valence-electron chi connectivity index (χ2n) is 2.18. The molecule has 54 valence electrons. The molecule has 0 fully saturated rings. The molecule has 0 atom stereocenters. The topological polar surface area (TPSA) is 25.8 Å². The van der Waals surface area contributed by atoms with Gasteiger partial charge in [-0.3, -0.25) is 9.97 Å². The smallest absolute Gasteiger partial charge is 0.0766 e. The lowest BCUT2D eigenvalue weighted by Gasteiger charge is -1.99. The van der Waals surface area contributed by atoms with Crippen molar-refractivity contribution in [1.82, 2.24) is 9.97 Å². The summed E-state index contributed by atoms with van der Waals surface area (Å²) < 4.78 is 0. The Hall–Kier alpha value is -0.630. The van der Waals surface area contributed by atoms with Gasteiger partial charge in [-0.25, -0.2) is 0 Å². The number of alkyl halides is 1. The second-order valence-corrected chi connectivity index (χ2v) is 2.44. The predicted molar refractivity (Wildman–Crippen MR) is 41.1 cm³/mol. The van der Waals surface area contributed by atoms with E-state index in [1.165, 1.54) is 0 Å². The molecular formula is C7H9ClN2. The van der Waals surface area contributed by atoms with Crippen LogP contribution in [0.3, 0.4) is 0 Å². The summed E-state index contributed by atoms with van der Waals surface area (Å²) in [7, 11) is 0. The predicted octanol–water partition coefficient (Wildman–Crippen LogP) is 1.83. The van der Waals surface area contributed by atoms with Crippen molar-refractivity contribution >= 4 is 11.6 Å². The number of nitrogens with zero attached hydrogens (tertiary/aromatic N) is 2. The normalized spacial score (nSPS) is 9.90. The molecule has 0 aliphatic carbocycles. The van der Waals surface area contributed by atoms with E-state index in [1.807, 2.05) is 13.8 Å². The average molecular weight is 157 g/mol. The Balaban J connectivity index is 3.09. The summed E-state index contributed by atoms with van der Waals surface area (Å²) in [5.74, 6) is 0.445. The van der Waals surface area contributed by atoms with Gasteiger partial charge in [0.05, 0.1) is 23.0 Å². The van der Waals surface area contributed by atoms with Gasteiger partial charge in [-0.2, -0.15) is 0 Å². The van der Waals surface area contributed by atoms with Gasteiger partial charge in [0.15, 0.2) is 0 Å². The van der Waals surface area contributed by atoms with Crippen LogP contribution in [-0.2, 0) is 5.88 Å². The highest BCUT2D eigenvalue weighted by Crippen LogP contribution is 2.04. The summed E-state index contributed by atoms with van der Waals surface area (Å²) in [6, 6.07) is 0. The van der Waals surface area contributed by atoms with Crippen molar-refractivity contribution in [1.29, 1.82) is 0 Å². The van der Waals surface area contributed by atoms with Crippen molar-refractivity contribution in [2.24, 2.45) is 0 Å². The van der Waals surface area contributed by atoms with Crippen LogP contribution in [0.2, 0.25) is 0 Å². The first-order chi connectivity index (χ1) is 4.74. The molecule has 0 saturated carbocycles. The van der Waals surface area contributed by atoms with Crippen molar-refractivity contribution in [2.45, 2.75) is 19.7 Å². The minimum absolute atomic E-state index is 0.445. The van der Waals surface area contributed by atoms with Crippen LogP contribution in [0.5, 0.6) is 0 Å². The Morgan fingerprint density at radius 3 is 2.70 bits per heavy atom. The van der Waals surface area contributed by atoms with Crippen LogP contribution in [0.15, 0.2) is 6.20 Å². The molecule has 0 aliphatic heterocycles. The van der Waals surface area contributed by atoms with Gasteiger partial charge in [0, 0.05) is 6.20 Å². The first-order valence-corrected chi connectivity index (χ1v) is 3.62. The largest absolute Gasteiger partial charge is 0.258 e. The summed E-state index contributed by atoms with van der Waals surface area (Å²) in [6.07, 6.45) is 1.74. The fourth-order valence-electron chi connectivity index (χ4n) is 0.714. The van der Waals surface area contributed by atoms with Gasteiger partial charge in [-0.1, -0.05) is 0 Å². The van der Waals surface area contributed by atoms with Crippen molar-refractivity contribution in [3.8, 4) is 0 Å². The number of aryl methyl sites for hydroxylation is 2. The van der Waals surface area contributed by atoms with Gasteiger partial charge in [0.2, 0.25) is 0 Å².